The van der Waals surface area contributed by atoms with E-state index >= 15 is 0 Å². The smallest absolute Gasteiger partial charge is 0.363 e. The molecule has 0 saturated carbocycles. The van der Waals surface area contributed by atoms with Gasteiger partial charge in [0.15, 0.2) is 0 Å². The van der Waals surface area contributed by atoms with Crippen molar-refractivity contribution in [3.8, 4) is 0 Å². The minimum atomic E-state index is -4.49. The van der Waals surface area contributed by atoms with Crippen LogP contribution < -0.4 is 4.90 Å². The van der Waals surface area contributed by atoms with Crippen molar-refractivity contribution in [2.45, 2.75) is 25.4 Å². The Hall–Kier alpha value is -3.49. The highest BCUT2D eigenvalue weighted by Crippen LogP contribution is 2.32. The Kier molecular flexibility index (Phi) is 5.82. The predicted octanol–water partition coefficient (Wildman–Crippen LogP) is 6.82. The third-order valence-electron chi connectivity index (χ3n) is 5.35. The molecule has 4 rings (SSSR count). The molecule has 1 heterocycles. The number of hydrogen-bond donors (Lipinski definition) is 0. The van der Waals surface area contributed by atoms with Gasteiger partial charge in [0.2, 0.25) is 0 Å². The van der Waals surface area contributed by atoms with Crippen molar-refractivity contribution in [3.63, 3.8) is 0 Å². The summed E-state index contributed by atoms with van der Waals surface area (Å²) >= 11 is 0. The van der Waals surface area contributed by atoms with Crippen molar-refractivity contribution in [3.05, 3.63) is 95.2 Å². The average Bonchev–Trinajstić information content (AvgIpc) is 3.13. The zero-order valence-electron chi connectivity index (χ0n) is 17.5. The first-order chi connectivity index (χ1) is 15.5. The van der Waals surface area contributed by atoms with Gasteiger partial charge in [-0.05, 0) is 53.6 Å². The molecule has 0 radical (unpaired) electrons. The van der Waals surface area contributed by atoms with Crippen LogP contribution in [0, 0.1) is 0 Å². The van der Waals surface area contributed by atoms with E-state index in [-0.39, 0.29) is 13.1 Å². The van der Waals surface area contributed by atoms with Crippen LogP contribution in [0.4, 0.5) is 32.0 Å². The van der Waals surface area contributed by atoms with E-state index in [0.29, 0.717) is 16.8 Å². The highest BCUT2D eigenvalue weighted by Gasteiger charge is 2.31. The summed E-state index contributed by atoms with van der Waals surface area (Å²) in [5.74, 6) is 0. The van der Waals surface area contributed by atoms with Gasteiger partial charge in [-0.3, -0.25) is 4.68 Å². The molecule has 172 valence electrons. The largest absolute Gasteiger partial charge is 0.416 e. The highest BCUT2D eigenvalue weighted by atomic mass is 19.4. The summed E-state index contributed by atoms with van der Waals surface area (Å²) in [5, 5.41) is 5.00. The number of hydrogen-bond acceptors (Lipinski definition) is 2. The van der Waals surface area contributed by atoms with Crippen molar-refractivity contribution in [1.29, 1.82) is 0 Å². The molecule has 0 saturated heterocycles. The standard InChI is InChI=1S/C24H19F6N3/c1-32-22-9-8-21(12-18(22)13-31-32)33(14-16-4-2-6-19(10-16)23(25,26)27)15-17-5-3-7-20(11-17)24(28,29)30/h2-13H,14-15H2,1H3. The minimum Gasteiger partial charge on any atom is -0.363 e. The van der Waals surface area contributed by atoms with Gasteiger partial charge in [0, 0.05) is 31.2 Å². The van der Waals surface area contributed by atoms with Gasteiger partial charge < -0.3 is 4.90 Å². The average molecular weight is 463 g/mol. The molecule has 0 atom stereocenters. The summed E-state index contributed by atoms with van der Waals surface area (Å²) in [4.78, 5) is 1.75. The molecule has 0 fully saturated rings. The molecule has 0 unspecified atom stereocenters. The number of halogens is 6. The third-order valence-corrected chi connectivity index (χ3v) is 5.35. The van der Waals surface area contributed by atoms with Crippen LogP contribution >= 0.6 is 0 Å². The van der Waals surface area contributed by atoms with Crippen molar-refractivity contribution in [2.75, 3.05) is 4.90 Å². The van der Waals surface area contributed by atoms with Crippen molar-refractivity contribution in [1.82, 2.24) is 9.78 Å². The fourth-order valence-corrected chi connectivity index (χ4v) is 3.72. The predicted molar refractivity (Wildman–Crippen MR) is 113 cm³/mol. The topological polar surface area (TPSA) is 21.1 Å². The molecule has 1 aromatic heterocycles. The zero-order valence-corrected chi connectivity index (χ0v) is 17.5. The second-order valence-electron chi connectivity index (χ2n) is 7.76. The number of aryl methyl sites for hydroxylation is 1. The molecule has 0 aliphatic heterocycles. The van der Waals surface area contributed by atoms with Crippen molar-refractivity contribution in [2.24, 2.45) is 7.05 Å². The fraction of sp³-hybridized carbons (Fsp3) is 0.208. The SMILES string of the molecule is Cn1ncc2cc(N(Cc3cccc(C(F)(F)F)c3)Cc3cccc(C(F)(F)F)c3)ccc21. The van der Waals surface area contributed by atoms with Gasteiger partial charge in [0.05, 0.1) is 22.8 Å². The highest BCUT2D eigenvalue weighted by molar-refractivity contribution is 5.82. The summed E-state index contributed by atoms with van der Waals surface area (Å²) in [7, 11) is 1.78. The maximum atomic E-state index is 13.2. The van der Waals surface area contributed by atoms with Gasteiger partial charge in [-0.2, -0.15) is 31.4 Å². The monoisotopic (exact) mass is 463 g/mol. The molecule has 0 aliphatic carbocycles. The molecular formula is C24H19F6N3. The van der Waals surface area contributed by atoms with E-state index in [1.807, 2.05) is 12.1 Å². The van der Waals surface area contributed by atoms with Gasteiger partial charge in [-0.1, -0.05) is 24.3 Å². The molecule has 0 bridgehead atoms. The molecule has 33 heavy (non-hydrogen) atoms. The second kappa shape index (κ2) is 8.46. The number of benzene rings is 3. The van der Waals surface area contributed by atoms with Crippen LogP contribution in [0.15, 0.2) is 72.9 Å². The van der Waals surface area contributed by atoms with Gasteiger partial charge in [0.1, 0.15) is 0 Å². The molecule has 9 heteroatoms. The fourth-order valence-electron chi connectivity index (χ4n) is 3.72. The van der Waals surface area contributed by atoms with Crippen molar-refractivity contribution < 1.29 is 26.3 Å². The molecular weight excluding hydrogens is 444 g/mol. The lowest BCUT2D eigenvalue weighted by molar-refractivity contribution is -0.138. The Balaban J connectivity index is 1.72. The normalized spacial score (nSPS) is 12.3. The Morgan fingerprint density at radius 3 is 1.82 bits per heavy atom. The van der Waals surface area contributed by atoms with Crippen LogP contribution in [0.5, 0.6) is 0 Å². The second-order valence-corrected chi connectivity index (χ2v) is 7.76. The summed E-state index contributed by atoms with van der Waals surface area (Å²) < 4.78 is 80.8. The van der Waals surface area contributed by atoms with Crippen molar-refractivity contribution >= 4 is 16.6 Å². The van der Waals surface area contributed by atoms with E-state index < -0.39 is 23.5 Å². The van der Waals surface area contributed by atoms with E-state index in [4.69, 9.17) is 0 Å². The lowest BCUT2D eigenvalue weighted by atomic mass is 10.1. The van der Waals surface area contributed by atoms with Crippen LogP contribution in [0.3, 0.4) is 0 Å². The number of fused-ring (bicyclic) bond motifs is 1. The first kappa shape index (κ1) is 22.7. The molecule has 3 aromatic carbocycles. The minimum absolute atomic E-state index is 0.0753. The maximum absolute atomic E-state index is 13.2. The third kappa shape index (κ3) is 5.13. The quantitative estimate of drug-likeness (QED) is 0.303. The Labute approximate surface area is 185 Å². The number of alkyl halides is 6. The Bertz CT molecular complexity index is 1210. The van der Waals surface area contributed by atoms with Gasteiger partial charge >= 0.3 is 12.4 Å². The van der Waals surface area contributed by atoms with Gasteiger partial charge in [0.25, 0.3) is 0 Å². The molecule has 0 N–H and O–H groups in total. The first-order valence-electron chi connectivity index (χ1n) is 10.00. The molecule has 0 aliphatic rings. The molecule has 0 spiro atoms. The van der Waals surface area contributed by atoms with E-state index in [9.17, 15) is 26.3 Å². The van der Waals surface area contributed by atoms with E-state index in [1.165, 1.54) is 12.1 Å². The first-order valence-corrected chi connectivity index (χ1v) is 10.00. The van der Waals surface area contributed by atoms with Crippen LogP contribution in [0.1, 0.15) is 22.3 Å². The maximum Gasteiger partial charge on any atom is 0.416 e. The summed E-state index contributed by atoms with van der Waals surface area (Å²) in [6, 6.07) is 15.3. The van der Waals surface area contributed by atoms with E-state index in [1.54, 1.807) is 41.0 Å². The van der Waals surface area contributed by atoms with E-state index in [2.05, 4.69) is 5.10 Å². The van der Waals surface area contributed by atoms with Crippen LogP contribution in [0.25, 0.3) is 10.9 Å². The summed E-state index contributed by atoms with van der Waals surface area (Å²) in [6.07, 6.45) is -7.32. The molecule has 3 nitrogen and oxygen atoms in total. The summed E-state index contributed by atoms with van der Waals surface area (Å²) in [6.45, 7) is 0.151. The lowest BCUT2D eigenvalue weighted by Crippen LogP contribution is -2.22. The number of aromatic nitrogens is 2. The summed E-state index contributed by atoms with van der Waals surface area (Å²) in [5.41, 5.74) is 0.747. The molecule has 4 aromatic rings. The lowest BCUT2D eigenvalue weighted by Gasteiger charge is -2.26. The van der Waals surface area contributed by atoms with Gasteiger partial charge in [-0.15, -0.1) is 0 Å². The Morgan fingerprint density at radius 2 is 1.30 bits per heavy atom. The number of rotatable bonds is 5. The zero-order chi connectivity index (χ0) is 23.8. The van der Waals surface area contributed by atoms with E-state index in [0.717, 1.165) is 35.2 Å². The number of nitrogens with zero attached hydrogens (tertiary/aromatic N) is 3. The van der Waals surface area contributed by atoms with Crippen LogP contribution in [-0.4, -0.2) is 9.78 Å². The molecule has 0 amide bonds. The number of anilines is 1. The van der Waals surface area contributed by atoms with Crippen LogP contribution in [0.2, 0.25) is 0 Å². The Morgan fingerprint density at radius 1 is 0.758 bits per heavy atom. The van der Waals surface area contributed by atoms with Crippen LogP contribution in [-0.2, 0) is 32.5 Å². The van der Waals surface area contributed by atoms with Gasteiger partial charge in [-0.25, -0.2) is 0 Å².